The third kappa shape index (κ3) is 2.44. The third-order valence-electron chi connectivity index (χ3n) is 3.70. The number of rotatable bonds is 3. The van der Waals surface area contributed by atoms with Gasteiger partial charge < -0.3 is 11.1 Å². The zero-order valence-corrected chi connectivity index (χ0v) is 8.52. The van der Waals surface area contributed by atoms with Crippen LogP contribution < -0.4 is 11.1 Å². The highest BCUT2D eigenvalue weighted by atomic mass is 15.0. The van der Waals surface area contributed by atoms with Crippen LogP contribution in [0.4, 0.5) is 0 Å². The lowest BCUT2D eigenvalue weighted by Gasteiger charge is -2.40. The van der Waals surface area contributed by atoms with Gasteiger partial charge in [-0.15, -0.1) is 0 Å². The van der Waals surface area contributed by atoms with Crippen LogP contribution in [-0.4, -0.2) is 18.1 Å². The van der Waals surface area contributed by atoms with Gasteiger partial charge >= 0.3 is 0 Å². The summed E-state index contributed by atoms with van der Waals surface area (Å²) in [6, 6.07) is 0.773. The van der Waals surface area contributed by atoms with Crippen LogP contribution in [0.15, 0.2) is 0 Å². The Hall–Kier alpha value is -0.0800. The van der Waals surface area contributed by atoms with Crippen LogP contribution in [0.5, 0.6) is 0 Å². The fourth-order valence-electron chi connectivity index (χ4n) is 2.46. The van der Waals surface area contributed by atoms with Crippen molar-refractivity contribution in [3.63, 3.8) is 0 Å². The van der Waals surface area contributed by atoms with Crippen molar-refractivity contribution in [2.24, 2.45) is 5.73 Å². The zero-order valence-electron chi connectivity index (χ0n) is 8.52. The number of hydrogen-bond acceptors (Lipinski definition) is 2. The quantitative estimate of drug-likeness (QED) is 0.698. The first-order chi connectivity index (χ1) is 6.29. The highest BCUT2D eigenvalue weighted by Crippen LogP contribution is 2.28. The van der Waals surface area contributed by atoms with E-state index in [9.17, 15) is 0 Å². The van der Waals surface area contributed by atoms with E-state index < -0.39 is 0 Å². The summed E-state index contributed by atoms with van der Waals surface area (Å²) in [5, 5.41) is 3.64. The van der Waals surface area contributed by atoms with Crippen molar-refractivity contribution in [2.75, 3.05) is 6.54 Å². The van der Waals surface area contributed by atoms with E-state index in [1.54, 1.807) is 0 Å². The maximum absolute atomic E-state index is 6.16. The molecule has 76 valence electrons. The lowest BCUT2D eigenvalue weighted by Crippen LogP contribution is -2.55. The average molecular weight is 182 g/mol. The first-order valence-corrected chi connectivity index (χ1v) is 5.81. The summed E-state index contributed by atoms with van der Waals surface area (Å²) in [7, 11) is 0. The fourth-order valence-corrected chi connectivity index (χ4v) is 2.46. The standard InChI is InChI=1S/C11H22N2/c12-11(7-4-8-11)9-13-10-5-2-1-3-6-10/h10,13H,1-9,12H2. The van der Waals surface area contributed by atoms with Gasteiger partial charge in [-0.1, -0.05) is 19.3 Å². The second kappa shape index (κ2) is 3.97. The molecule has 2 fully saturated rings. The Morgan fingerprint density at radius 2 is 1.77 bits per heavy atom. The highest BCUT2D eigenvalue weighted by molar-refractivity contribution is 4.95. The van der Waals surface area contributed by atoms with E-state index in [0.29, 0.717) is 0 Å². The Kier molecular flexibility index (Phi) is 2.89. The Labute approximate surface area is 81.3 Å². The minimum absolute atomic E-state index is 0.164. The molecule has 0 aromatic carbocycles. The number of hydrogen-bond donors (Lipinski definition) is 2. The molecule has 2 heteroatoms. The van der Waals surface area contributed by atoms with Gasteiger partial charge in [-0.25, -0.2) is 0 Å². The van der Waals surface area contributed by atoms with Gasteiger partial charge in [0.2, 0.25) is 0 Å². The minimum atomic E-state index is 0.164. The topological polar surface area (TPSA) is 38.0 Å². The normalized spacial score (nSPS) is 28.4. The first kappa shape index (κ1) is 9.47. The predicted octanol–water partition coefficient (Wildman–Crippen LogP) is 1.79. The summed E-state index contributed by atoms with van der Waals surface area (Å²) in [5.74, 6) is 0. The van der Waals surface area contributed by atoms with Crippen molar-refractivity contribution in [2.45, 2.75) is 62.9 Å². The molecule has 0 aliphatic heterocycles. The van der Waals surface area contributed by atoms with Crippen LogP contribution in [0.2, 0.25) is 0 Å². The van der Waals surface area contributed by atoms with Crippen molar-refractivity contribution in [1.29, 1.82) is 0 Å². The number of nitrogens with one attached hydrogen (secondary N) is 1. The maximum atomic E-state index is 6.16. The predicted molar refractivity (Wildman–Crippen MR) is 55.6 cm³/mol. The smallest absolute Gasteiger partial charge is 0.0280 e. The average Bonchev–Trinajstić information content (AvgIpc) is 2.13. The summed E-state index contributed by atoms with van der Waals surface area (Å²) in [6.07, 6.45) is 10.8. The molecule has 0 radical (unpaired) electrons. The van der Waals surface area contributed by atoms with Crippen LogP contribution in [0.1, 0.15) is 51.4 Å². The lowest BCUT2D eigenvalue weighted by atomic mass is 9.77. The summed E-state index contributed by atoms with van der Waals surface area (Å²) < 4.78 is 0. The van der Waals surface area contributed by atoms with Crippen LogP contribution in [0, 0.1) is 0 Å². The SMILES string of the molecule is NC1(CNC2CCCCC2)CCC1. The van der Waals surface area contributed by atoms with Crippen LogP contribution in [0.3, 0.4) is 0 Å². The minimum Gasteiger partial charge on any atom is -0.324 e. The van der Waals surface area contributed by atoms with Crippen molar-refractivity contribution < 1.29 is 0 Å². The molecule has 0 heterocycles. The van der Waals surface area contributed by atoms with E-state index in [1.807, 2.05) is 0 Å². The fraction of sp³-hybridized carbons (Fsp3) is 1.00. The van der Waals surface area contributed by atoms with Gasteiger partial charge in [0.15, 0.2) is 0 Å². The van der Waals surface area contributed by atoms with Crippen molar-refractivity contribution in [1.82, 2.24) is 5.32 Å². The third-order valence-corrected chi connectivity index (χ3v) is 3.70. The van der Waals surface area contributed by atoms with Gasteiger partial charge in [-0.05, 0) is 32.1 Å². The van der Waals surface area contributed by atoms with Gasteiger partial charge in [-0.2, -0.15) is 0 Å². The zero-order chi connectivity index (χ0) is 9.15. The molecule has 0 spiro atoms. The second-order valence-electron chi connectivity index (χ2n) is 4.93. The van der Waals surface area contributed by atoms with Gasteiger partial charge in [-0.3, -0.25) is 0 Å². The van der Waals surface area contributed by atoms with Crippen molar-refractivity contribution in [3.05, 3.63) is 0 Å². The lowest BCUT2D eigenvalue weighted by molar-refractivity contribution is 0.221. The van der Waals surface area contributed by atoms with Crippen LogP contribution in [0.25, 0.3) is 0 Å². The maximum Gasteiger partial charge on any atom is 0.0280 e. The summed E-state index contributed by atoms with van der Waals surface area (Å²) in [6.45, 7) is 1.05. The summed E-state index contributed by atoms with van der Waals surface area (Å²) in [4.78, 5) is 0. The van der Waals surface area contributed by atoms with Gasteiger partial charge in [0, 0.05) is 18.1 Å². The molecule has 0 unspecified atom stereocenters. The molecule has 0 bridgehead atoms. The molecule has 3 N–H and O–H groups in total. The Morgan fingerprint density at radius 3 is 2.31 bits per heavy atom. The van der Waals surface area contributed by atoms with E-state index in [-0.39, 0.29) is 5.54 Å². The molecule has 13 heavy (non-hydrogen) atoms. The summed E-state index contributed by atoms with van der Waals surface area (Å²) in [5.41, 5.74) is 6.32. The van der Waals surface area contributed by atoms with Gasteiger partial charge in [0.05, 0.1) is 0 Å². The molecule has 2 aliphatic carbocycles. The Bertz CT molecular complexity index is 157. The molecule has 0 atom stereocenters. The molecule has 0 saturated heterocycles. The first-order valence-electron chi connectivity index (χ1n) is 5.81. The van der Waals surface area contributed by atoms with Crippen molar-refractivity contribution in [3.8, 4) is 0 Å². The van der Waals surface area contributed by atoms with E-state index >= 15 is 0 Å². The molecule has 0 amide bonds. The largest absolute Gasteiger partial charge is 0.324 e. The Morgan fingerprint density at radius 1 is 1.08 bits per heavy atom. The molecule has 2 rings (SSSR count). The monoisotopic (exact) mass is 182 g/mol. The summed E-state index contributed by atoms with van der Waals surface area (Å²) >= 11 is 0. The molecular formula is C11H22N2. The molecule has 0 aromatic rings. The van der Waals surface area contributed by atoms with Gasteiger partial charge in [0.1, 0.15) is 0 Å². The molecule has 2 saturated carbocycles. The highest BCUT2D eigenvalue weighted by Gasteiger charge is 2.32. The molecular weight excluding hydrogens is 160 g/mol. The van der Waals surface area contributed by atoms with E-state index in [1.165, 1.54) is 51.4 Å². The number of nitrogens with two attached hydrogens (primary N) is 1. The van der Waals surface area contributed by atoms with Gasteiger partial charge in [0.25, 0.3) is 0 Å². The van der Waals surface area contributed by atoms with Crippen LogP contribution in [-0.2, 0) is 0 Å². The van der Waals surface area contributed by atoms with Crippen LogP contribution >= 0.6 is 0 Å². The van der Waals surface area contributed by atoms with Crippen molar-refractivity contribution >= 4 is 0 Å². The Balaban J connectivity index is 1.66. The van der Waals surface area contributed by atoms with E-state index in [0.717, 1.165) is 12.6 Å². The molecule has 2 aliphatic rings. The molecule has 2 nitrogen and oxygen atoms in total. The van der Waals surface area contributed by atoms with E-state index in [4.69, 9.17) is 5.73 Å². The van der Waals surface area contributed by atoms with E-state index in [2.05, 4.69) is 5.32 Å². The molecule has 0 aromatic heterocycles. The second-order valence-corrected chi connectivity index (χ2v) is 4.93.